The van der Waals surface area contributed by atoms with Gasteiger partial charge in [-0.3, -0.25) is 0 Å². The van der Waals surface area contributed by atoms with Crippen LogP contribution >= 0.6 is 0 Å². The first-order valence-corrected chi connectivity index (χ1v) is 15.8. The topological polar surface area (TPSA) is 0 Å². The van der Waals surface area contributed by atoms with Gasteiger partial charge in [0.05, 0.1) is 0 Å². The van der Waals surface area contributed by atoms with E-state index in [2.05, 4.69) is 6.92 Å². The Morgan fingerprint density at radius 3 is 1.22 bits per heavy atom. The SMILES string of the molecule is CC12C34C5C6CC7C8CC9C%10C%11C%12C%13C%14CC%15C%16CC%17C%18C5C15C%181C%16%17C%15%14C%131C%125C%112C%103C89C764. The van der Waals surface area contributed by atoms with Crippen LogP contribution in [0.25, 0.3) is 0 Å². The molecule has 20 aliphatic carbocycles. The van der Waals surface area contributed by atoms with Crippen LogP contribution in [-0.4, -0.2) is 0 Å². The lowest BCUT2D eigenvalue weighted by Crippen LogP contribution is -3.42. The molecule has 20 aliphatic rings. The molecule has 0 aromatic rings. The summed E-state index contributed by atoms with van der Waals surface area (Å²) in [6, 6.07) is 0. The lowest BCUT2D eigenvalue weighted by molar-refractivity contribution is -0.984. The molecule has 20 saturated carbocycles. The summed E-state index contributed by atoms with van der Waals surface area (Å²) < 4.78 is 0. The van der Waals surface area contributed by atoms with Crippen molar-refractivity contribution in [2.75, 3.05) is 0 Å². The predicted octanol–water partition coefficient (Wildman–Crippen LogP) is 3.92. The van der Waals surface area contributed by atoms with Crippen LogP contribution in [0.3, 0.4) is 0 Å². The molecule has 0 heterocycles. The van der Waals surface area contributed by atoms with Crippen molar-refractivity contribution in [1.82, 2.24) is 0 Å². The van der Waals surface area contributed by atoms with E-state index in [1.807, 2.05) is 0 Å². The Morgan fingerprint density at radius 1 is 0.344 bits per heavy atom. The van der Waals surface area contributed by atoms with Gasteiger partial charge in [-0.05, 0) is 179 Å². The monoisotopic (exact) mass is 410 g/mol. The summed E-state index contributed by atoms with van der Waals surface area (Å²) in [5.74, 6) is 20.1. The maximum absolute atomic E-state index is 3.16. The molecule has 0 radical (unpaired) electrons. The highest BCUT2D eigenvalue weighted by Crippen LogP contribution is 3.50. The van der Waals surface area contributed by atoms with Crippen LogP contribution in [0.1, 0.15) is 32.6 Å². The van der Waals surface area contributed by atoms with E-state index in [-0.39, 0.29) is 0 Å². The van der Waals surface area contributed by atoms with E-state index in [0.29, 0.717) is 0 Å². The third kappa shape index (κ3) is 0.292. The number of rotatable bonds is 0. The highest BCUT2D eigenvalue weighted by molar-refractivity contribution is 5.93. The van der Waals surface area contributed by atoms with E-state index >= 15 is 0 Å². The smallest absolute Gasteiger partial charge is 0.00507 e. The number of hydrogen-bond donors (Lipinski definition) is 0. The minimum absolute atomic E-state index is 0.958. The first kappa shape index (κ1) is 11.8. The fraction of sp³-hybridized carbons (Fsp3) is 1.00. The van der Waals surface area contributed by atoms with Crippen molar-refractivity contribution < 1.29 is 0 Å². The summed E-state index contributed by atoms with van der Waals surface area (Å²) in [4.78, 5) is 0. The number of fused-ring (bicyclic) bond motifs is 11. The summed E-state index contributed by atoms with van der Waals surface area (Å²) in [5, 5.41) is 0. The Hall–Kier alpha value is 0. The van der Waals surface area contributed by atoms with Crippen molar-refractivity contribution in [2.24, 2.45) is 154 Å². The minimum Gasteiger partial charge on any atom is -0.0579 e. The third-order valence-electron chi connectivity index (χ3n) is 25.5. The molecule has 154 valence electrons. The molecule has 0 heteroatoms. The molecule has 0 aromatic heterocycles. The van der Waals surface area contributed by atoms with E-state index in [4.69, 9.17) is 0 Å². The van der Waals surface area contributed by atoms with Crippen LogP contribution in [0.15, 0.2) is 0 Å². The quantitative estimate of drug-likeness (QED) is 0.568. The highest BCUT2D eigenvalue weighted by atomic mass is 15.5. The average molecular weight is 411 g/mol. The fourth-order valence-electron chi connectivity index (χ4n) is 31.0. The first-order chi connectivity index (χ1) is 15.8. The van der Waals surface area contributed by atoms with Crippen LogP contribution in [0, 0.1) is 154 Å². The normalized spacial score (nSPS) is 126. The Balaban J connectivity index is 1.09. The Bertz CT molecular complexity index is 1670. The van der Waals surface area contributed by atoms with Crippen molar-refractivity contribution in [2.45, 2.75) is 32.6 Å². The molecule has 0 nitrogen and oxygen atoms in total. The molecule has 20 fully saturated rings. The van der Waals surface area contributed by atoms with Crippen molar-refractivity contribution in [3.05, 3.63) is 0 Å². The van der Waals surface area contributed by atoms with Gasteiger partial charge in [0.2, 0.25) is 0 Å². The molecule has 0 aliphatic heterocycles. The third-order valence-corrected chi connectivity index (χ3v) is 25.5. The molecule has 0 amide bonds. The molecule has 27 unspecified atom stereocenters. The van der Waals surface area contributed by atoms with Gasteiger partial charge in [0.25, 0.3) is 0 Å². The van der Waals surface area contributed by atoms with Gasteiger partial charge in [-0.15, -0.1) is 0 Å². The maximum Gasteiger partial charge on any atom is -0.00507 e. The van der Waals surface area contributed by atoms with Gasteiger partial charge in [-0.2, -0.15) is 0 Å². The largest absolute Gasteiger partial charge is 0.0579 e. The Morgan fingerprint density at radius 2 is 0.688 bits per heavy atom. The van der Waals surface area contributed by atoms with Gasteiger partial charge in [0.1, 0.15) is 0 Å². The van der Waals surface area contributed by atoms with E-state index in [0.717, 1.165) is 65.0 Å². The summed E-state index contributed by atoms with van der Waals surface area (Å²) in [5.41, 5.74) is 12.7. The molecular weight excluding hydrogens is 384 g/mol. The molecule has 32 heavy (non-hydrogen) atoms. The molecule has 11 spiro atoms. The summed E-state index contributed by atoms with van der Waals surface area (Å²) >= 11 is 0. The standard InChI is InChI=1S/C32H26/c1-21-26-14-10-2-6-7-3-12-16-19-20-17-13-5-9-8-4-11-15-18(14)27(21)30(15)24(8,11)25(9,13)31(17,30)32(20,27)28(19,21)29(16,26)23(7,12)22(6,10)26/h6-20H,2-5H2,1H3. The lowest BCUT2D eigenvalue weighted by atomic mass is 8.59. The van der Waals surface area contributed by atoms with Gasteiger partial charge in [0, 0.05) is 0 Å². The zero-order chi connectivity index (χ0) is 18.5. The first-order valence-electron chi connectivity index (χ1n) is 15.8. The zero-order valence-electron chi connectivity index (χ0n) is 18.5. The van der Waals surface area contributed by atoms with Gasteiger partial charge in [-0.1, -0.05) is 6.92 Å². The van der Waals surface area contributed by atoms with Gasteiger partial charge in [0.15, 0.2) is 0 Å². The van der Waals surface area contributed by atoms with Crippen molar-refractivity contribution in [3.8, 4) is 0 Å². The van der Waals surface area contributed by atoms with Crippen LogP contribution in [0.4, 0.5) is 0 Å². The van der Waals surface area contributed by atoms with Crippen molar-refractivity contribution >= 4 is 0 Å². The van der Waals surface area contributed by atoms with Crippen LogP contribution < -0.4 is 0 Å². The van der Waals surface area contributed by atoms with Crippen molar-refractivity contribution in [1.29, 1.82) is 0 Å². The van der Waals surface area contributed by atoms with E-state index < -0.39 is 0 Å². The van der Waals surface area contributed by atoms with Crippen molar-refractivity contribution in [3.63, 3.8) is 0 Å². The van der Waals surface area contributed by atoms with Crippen LogP contribution in [0.2, 0.25) is 0 Å². The summed E-state index contributed by atoms with van der Waals surface area (Å²) in [6.45, 7) is 3.16. The van der Waals surface area contributed by atoms with Gasteiger partial charge < -0.3 is 0 Å². The predicted molar refractivity (Wildman–Crippen MR) is 106 cm³/mol. The molecule has 27 atom stereocenters. The fourth-order valence-corrected chi connectivity index (χ4v) is 31.0. The van der Waals surface area contributed by atoms with E-state index in [9.17, 15) is 0 Å². The molecule has 0 aromatic carbocycles. The molecular formula is C32H26. The van der Waals surface area contributed by atoms with Crippen LogP contribution in [0.5, 0.6) is 0 Å². The van der Waals surface area contributed by atoms with Gasteiger partial charge >= 0.3 is 0 Å². The summed E-state index contributed by atoms with van der Waals surface area (Å²) in [6.07, 6.45) is 7.10. The van der Waals surface area contributed by atoms with Gasteiger partial charge in [-0.25, -0.2) is 0 Å². The second kappa shape index (κ2) is 1.91. The van der Waals surface area contributed by atoms with E-state index in [1.54, 1.807) is 25.7 Å². The molecule has 0 saturated heterocycles. The molecule has 20 rings (SSSR count). The average Bonchev–Trinajstić information content (AvgIpc) is 2.79. The highest BCUT2D eigenvalue weighted by Gasteiger charge is 3.48. The second-order valence-electron chi connectivity index (χ2n) is 19.7. The summed E-state index contributed by atoms with van der Waals surface area (Å²) in [7, 11) is 0. The maximum atomic E-state index is 3.16. The second-order valence-corrected chi connectivity index (χ2v) is 19.7. The Kier molecular flexibility index (Phi) is 0.704. The molecule has 0 bridgehead atoms. The molecule has 0 N–H and O–H groups in total. The lowest BCUT2D eigenvalue weighted by Gasteiger charge is -3.43. The van der Waals surface area contributed by atoms with E-state index in [1.165, 1.54) is 88.8 Å². The Labute approximate surface area is 186 Å². The zero-order valence-corrected chi connectivity index (χ0v) is 18.5. The van der Waals surface area contributed by atoms with Crippen LogP contribution in [-0.2, 0) is 0 Å². The number of hydrogen-bond acceptors (Lipinski definition) is 0. The minimum atomic E-state index is 0.958.